The minimum atomic E-state index is 0.417. The van der Waals surface area contributed by atoms with Crippen molar-refractivity contribution in [1.29, 1.82) is 0 Å². The third-order valence-electron chi connectivity index (χ3n) is 2.01. The van der Waals surface area contributed by atoms with E-state index >= 15 is 0 Å². The molecule has 0 nitrogen and oxygen atoms in total. The molecule has 0 spiro atoms. The molecule has 2 aromatic rings. The molecule has 0 aliphatic rings. The van der Waals surface area contributed by atoms with Crippen LogP contribution in [0.4, 0.5) is 0 Å². The summed E-state index contributed by atoms with van der Waals surface area (Å²) in [5.74, 6) is 0. The zero-order valence-corrected chi connectivity index (χ0v) is 10.7. The highest BCUT2D eigenvalue weighted by molar-refractivity contribution is 6.31. The van der Waals surface area contributed by atoms with Gasteiger partial charge in [0.2, 0.25) is 0 Å². The number of rotatable bonds is 0. The fourth-order valence-electron chi connectivity index (χ4n) is 1.39. The molecular formula is C13H18Si. The van der Waals surface area contributed by atoms with E-state index in [-0.39, 0.29) is 0 Å². The first kappa shape index (κ1) is 11.0. The van der Waals surface area contributed by atoms with E-state index in [9.17, 15) is 0 Å². The lowest BCUT2D eigenvalue weighted by molar-refractivity contribution is 1.53. The van der Waals surface area contributed by atoms with E-state index in [4.69, 9.17) is 0 Å². The van der Waals surface area contributed by atoms with E-state index < -0.39 is 0 Å². The highest BCUT2D eigenvalue weighted by Crippen LogP contribution is 2.16. The molecule has 0 aliphatic carbocycles. The van der Waals surface area contributed by atoms with Crippen LogP contribution in [-0.4, -0.2) is 9.52 Å². The molecule has 0 radical (unpaired) electrons. The summed E-state index contributed by atoms with van der Waals surface area (Å²) in [5.41, 5.74) is 1.35. The number of hydrogen-bond acceptors (Lipinski definition) is 0. The van der Waals surface area contributed by atoms with Crippen LogP contribution in [0.15, 0.2) is 42.5 Å². The average molecular weight is 202 g/mol. The Kier molecular flexibility index (Phi) is 4.40. The van der Waals surface area contributed by atoms with Gasteiger partial charge < -0.3 is 0 Å². The first-order chi connectivity index (χ1) is 6.79. The molecule has 0 N–H and O–H groups in total. The molecule has 1 heteroatoms. The molecule has 0 aromatic heterocycles. The van der Waals surface area contributed by atoms with E-state index in [1.165, 1.54) is 16.3 Å². The van der Waals surface area contributed by atoms with Crippen LogP contribution in [-0.2, 0) is 0 Å². The molecule has 0 saturated heterocycles. The first-order valence-electron chi connectivity index (χ1n) is 5.24. The predicted octanol–water partition coefficient (Wildman–Crippen LogP) is 3.40. The van der Waals surface area contributed by atoms with Crippen LogP contribution in [0.1, 0.15) is 5.56 Å². The topological polar surface area (TPSA) is 0 Å². The molecule has 14 heavy (non-hydrogen) atoms. The van der Waals surface area contributed by atoms with Crippen molar-refractivity contribution in [3.8, 4) is 0 Å². The number of hydrogen-bond donors (Lipinski definition) is 0. The van der Waals surface area contributed by atoms with Gasteiger partial charge in [0.15, 0.2) is 0 Å². The summed E-state index contributed by atoms with van der Waals surface area (Å²) in [6.07, 6.45) is 0. The molecule has 0 saturated carbocycles. The molecule has 0 aliphatic heterocycles. The fraction of sp³-hybridized carbons (Fsp3) is 0.231. The Morgan fingerprint density at radius 3 is 2.07 bits per heavy atom. The lowest BCUT2D eigenvalue weighted by atomic mass is 10.1. The molecule has 74 valence electrons. The SMILES string of the molecule is C[SiH2]C.Cc1cccc2ccccc12. The normalized spacial score (nSPS) is 9.36. The summed E-state index contributed by atoms with van der Waals surface area (Å²) in [5, 5.41) is 2.68. The molecule has 2 rings (SSSR count). The third kappa shape index (κ3) is 2.71. The molecule has 0 atom stereocenters. The first-order valence-corrected chi connectivity index (χ1v) is 8.06. The summed E-state index contributed by atoms with van der Waals surface area (Å²) in [7, 11) is 0.417. The molecule has 0 bridgehead atoms. The van der Waals surface area contributed by atoms with Crippen molar-refractivity contribution in [3.05, 3.63) is 48.0 Å². The number of benzene rings is 2. The summed E-state index contributed by atoms with van der Waals surface area (Å²) < 4.78 is 0. The van der Waals surface area contributed by atoms with Gasteiger partial charge in [-0.1, -0.05) is 55.6 Å². The molecule has 0 fully saturated rings. The zero-order valence-electron chi connectivity index (χ0n) is 9.25. The van der Waals surface area contributed by atoms with Crippen LogP contribution < -0.4 is 0 Å². The standard InChI is InChI=1S/C11H10.C2H8Si/c1-9-5-4-7-10-6-2-3-8-11(9)10;1-3-2/h2-8H,1H3;3H2,1-2H3. The lowest BCUT2D eigenvalue weighted by Crippen LogP contribution is -1.75. The Hall–Kier alpha value is -1.08. The van der Waals surface area contributed by atoms with Crippen molar-refractivity contribution in [2.75, 3.05) is 0 Å². The zero-order chi connectivity index (χ0) is 10.4. The van der Waals surface area contributed by atoms with E-state index in [2.05, 4.69) is 62.5 Å². The van der Waals surface area contributed by atoms with Crippen LogP contribution in [0, 0.1) is 6.92 Å². The average Bonchev–Trinajstić information content (AvgIpc) is 2.20. The Morgan fingerprint density at radius 2 is 1.43 bits per heavy atom. The second-order valence-corrected chi connectivity index (χ2v) is 4.92. The van der Waals surface area contributed by atoms with Crippen molar-refractivity contribution >= 4 is 20.3 Å². The highest BCUT2D eigenvalue weighted by Gasteiger charge is 1.91. The van der Waals surface area contributed by atoms with E-state index in [1.54, 1.807) is 0 Å². The maximum absolute atomic E-state index is 2.26. The van der Waals surface area contributed by atoms with Gasteiger partial charge >= 0.3 is 0 Å². The van der Waals surface area contributed by atoms with Gasteiger partial charge in [0, 0.05) is 9.52 Å². The summed E-state index contributed by atoms with van der Waals surface area (Å²) in [6, 6.07) is 14.8. The van der Waals surface area contributed by atoms with Crippen molar-refractivity contribution in [2.45, 2.75) is 20.0 Å². The molecular weight excluding hydrogens is 184 g/mol. The number of fused-ring (bicyclic) bond motifs is 1. The van der Waals surface area contributed by atoms with Gasteiger partial charge in [0.05, 0.1) is 0 Å². The summed E-state index contributed by atoms with van der Waals surface area (Å²) in [4.78, 5) is 0. The van der Waals surface area contributed by atoms with Gasteiger partial charge in [-0.05, 0) is 23.3 Å². The van der Waals surface area contributed by atoms with E-state index in [0.717, 1.165) is 0 Å². The van der Waals surface area contributed by atoms with Crippen molar-refractivity contribution in [3.63, 3.8) is 0 Å². The monoisotopic (exact) mass is 202 g/mol. The quantitative estimate of drug-likeness (QED) is 0.574. The van der Waals surface area contributed by atoms with Crippen molar-refractivity contribution < 1.29 is 0 Å². The van der Waals surface area contributed by atoms with Crippen molar-refractivity contribution in [2.24, 2.45) is 0 Å². The second kappa shape index (κ2) is 5.61. The molecule has 0 amide bonds. The smallest absolute Gasteiger partial charge is 0.0135 e. The maximum atomic E-state index is 2.26. The van der Waals surface area contributed by atoms with Crippen LogP contribution in [0.5, 0.6) is 0 Å². The van der Waals surface area contributed by atoms with Crippen LogP contribution >= 0.6 is 0 Å². The Bertz CT molecular complexity index is 388. The Labute approximate surface area is 88.8 Å². The molecule has 2 aromatic carbocycles. The lowest BCUT2D eigenvalue weighted by Gasteiger charge is -1.98. The predicted molar refractivity (Wildman–Crippen MR) is 69.0 cm³/mol. The van der Waals surface area contributed by atoms with E-state index in [0.29, 0.717) is 9.52 Å². The van der Waals surface area contributed by atoms with Crippen LogP contribution in [0.25, 0.3) is 10.8 Å². The largest absolute Gasteiger partial charge is 0.0750 e. The Morgan fingerprint density at radius 1 is 0.857 bits per heavy atom. The second-order valence-electron chi connectivity index (χ2n) is 3.50. The fourth-order valence-corrected chi connectivity index (χ4v) is 1.39. The van der Waals surface area contributed by atoms with E-state index in [1.807, 2.05) is 0 Å². The summed E-state index contributed by atoms with van der Waals surface area (Å²) >= 11 is 0. The molecule has 0 unspecified atom stereocenters. The van der Waals surface area contributed by atoms with Crippen LogP contribution in [0.3, 0.4) is 0 Å². The van der Waals surface area contributed by atoms with Crippen molar-refractivity contribution in [1.82, 2.24) is 0 Å². The van der Waals surface area contributed by atoms with Gasteiger partial charge in [-0.15, -0.1) is 0 Å². The minimum Gasteiger partial charge on any atom is -0.0750 e. The van der Waals surface area contributed by atoms with Gasteiger partial charge in [-0.25, -0.2) is 0 Å². The van der Waals surface area contributed by atoms with Crippen LogP contribution in [0.2, 0.25) is 13.1 Å². The highest BCUT2D eigenvalue weighted by atomic mass is 28.2. The third-order valence-corrected chi connectivity index (χ3v) is 2.01. The molecule has 0 heterocycles. The van der Waals surface area contributed by atoms with Gasteiger partial charge in [0.25, 0.3) is 0 Å². The van der Waals surface area contributed by atoms with Gasteiger partial charge in [-0.3, -0.25) is 0 Å². The van der Waals surface area contributed by atoms with Gasteiger partial charge in [0.1, 0.15) is 0 Å². The summed E-state index contributed by atoms with van der Waals surface area (Å²) in [6.45, 7) is 6.67. The van der Waals surface area contributed by atoms with Gasteiger partial charge in [-0.2, -0.15) is 0 Å². The number of aryl methyl sites for hydroxylation is 1. The maximum Gasteiger partial charge on any atom is 0.0135 e. The Balaban J connectivity index is 0.000000293. The minimum absolute atomic E-state index is 0.417.